The van der Waals surface area contributed by atoms with Crippen LogP contribution in [-0.2, 0) is 9.84 Å². The molecule has 0 aliphatic rings. The highest BCUT2D eigenvalue weighted by Crippen LogP contribution is 2.47. The van der Waals surface area contributed by atoms with Crippen LogP contribution < -0.4 is 0 Å². The van der Waals surface area contributed by atoms with E-state index < -0.39 is 20.6 Å². The van der Waals surface area contributed by atoms with Gasteiger partial charge in [-0.3, -0.25) is 0 Å². The van der Waals surface area contributed by atoms with Crippen LogP contribution in [0.1, 0.15) is 6.42 Å². The van der Waals surface area contributed by atoms with Gasteiger partial charge < -0.3 is 0 Å². The van der Waals surface area contributed by atoms with Gasteiger partial charge in [-0.1, -0.05) is 0 Å². The molecular formula is C5H12F2O2S2. The molecule has 0 aromatic carbocycles. The summed E-state index contributed by atoms with van der Waals surface area (Å²) in [5, 5.41) is 0. The second-order valence-corrected chi connectivity index (χ2v) is 6.98. The van der Waals surface area contributed by atoms with Crippen LogP contribution in [0, 0.1) is 0 Å². The van der Waals surface area contributed by atoms with Gasteiger partial charge in [0.15, 0.2) is 0 Å². The third-order valence-electron chi connectivity index (χ3n) is 1.02. The van der Waals surface area contributed by atoms with Gasteiger partial charge in [0.25, 0.3) is 0 Å². The van der Waals surface area contributed by atoms with Gasteiger partial charge in [-0.05, 0) is 6.42 Å². The summed E-state index contributed by atoms with van der Waals surface area (Å²) in [6.07, 6.45) is 1.99. The fraction of sp³-hybridized carbons (Fsp3) is 1.00. The summed E-state index contributed by atoms with van der Waals surface area (Å²) in [7, 11) is -6.58. The van der Waals surface area contributed by atoms with Crippen LogP contribution in [0.25, 0.3) is 0 Å². The summed E-state index contributed by atoms with van der Waals surface area (Å²) in [6.45, 7) is 0. The highest BCUT2D eigenvalue weighted by Gasteiger charge is 2.14. The van der Waals surface area contributed by atoms with Crippen molar-refractivity contribution in [2.75, 3.05) is 24.0 Å². The standard InChI is InChI=1S/C5H12F2O2S2/c1-10(6,7)4-3-5-11(2,8)9/h3-5H2,1-2H3. The normalized spacial score (nSPS) is 14.9. The zero-order chi connectivity index (χ0) is 9.12. The predicted molar refractivity (Wildman–Crippen MR) is 44.9 cm³/mol. The van der Waals surface area contributed by atoms with Gasteiger partial charge in [-0.2, -0.15) is 7.77 Å². The van der Waals surface area contributed by atoms with Crippen LogP contribution in [0.4, 0.5) is 7.77 Å². The van der Waals surface area contributed by atoms with Crippen molar-refractivity contribution in [3.8, 4) is 0 Å². The molecule has 0 bridgehead atoms. The van der Waals surface area contributed by atoms with Crippen LogP contribution in [0.5, 0.6) is 0 Å². The Morgan fingerprint density at radius 2 is 1.55 bits per heavy atom. The van der Waals surface area contributed by atoms with Gasteiger partial charge in [0.05, 0.1) is 16.6 Å². The van der Waals surface area contributed by atoms with E-state index in [0.29, 0.717) is 0 Å². The van der Waals surface area contributed by atoms with E-state index in [9.17, 15) is 16.2 Å². The van der Waals surface area contributed by atoms with Gasteiger partial charge in [-0.15, -0.1) is 0 Å². The zero-order valence-corrected chi connectivity index (χ0v) is 8.14. The summed E-state index contributed by atoms with van der Waals surface area (Å²) in [4.78, 5) is 0. The van der Waals surface area contributed by atoms with Crippen LogP contribution in [0.15, 0.2) is 0 Å². The molecule has 0 spiro atoms. The second-order valence-electron chi connectivity index (χ2n) is 2.56. The van der Waals surface area contributed by atoms with E-state index >= 15 is 0 Å². The fourth-order valence-electron chi connectivity index (χ4n) is 0.575. The minimum Gasteiger partial charge on any atom is -0.229 e. The van der Waals surface area contributed by atoms with Crippen LogP contribution in [-0.4, -0.2) is 32.4 Å². The molecule has 0 saturated carbocycles. The minimum atomic E-state index is -3.51. The van der Waals surface area contributed by atoms with E-state index in [1.54, 1.807) is 0 Å². The van der Waals surface area contributed by atoms with Crippen LogP contribution >= 0.6 is 10.8 Å². The van der Waals surface area contributed by atoms with E-state index in [1.807, 2.05) is 0 Å². The highest BCUT2D eigenvalue weighted by molar-refractivity contribution is 8.24. The molecule has 0 aliphatic carbocycles. The van der Waals surface area contributed by atoms with Crippen molar-refractivity contribution in [1.82, 2.24) is 0 Å². The zero-order valence-electron chi connectivity index (χ0n) is 6.51. The van der Waals surface area contributed by atoms with E-state index in [4.69, 9.17) is 0 Å². The molecule has 0 aromatic heterocycles. The first kappa shape index (κ1) is 11.2. The van der Waals surface area contributed by atoms with Crippen LogP contribution in [0.3, 0.4) is 0 Å². The Labute approximate surface area is 67.8 Å². The molecular weight excluding hydrogens is 194 g/mol. The molecule has 70 valence electrons. The van der Waals surface area contributed by atoms with E-state index in [1.165, 1.54) is 0 Å². The minimum absolute atomic E-state index is 0.0671. The SMILES string of the molecule is CS(F)(F)CCCS(C)(=O)=O. The molecule has 0 unspecified atom stereocenters. The predicted octanol–water partition coefficient (Wildman–Crippen LogP) is 1.62. The smallest absolute Gasteiger partial charge is 0.147 e. The lowest BCUT2D eigenvalue weighted by Gasteiger charge is -2.12. The van der Waals surface area contributed by atoms with Gasteiger partial charge in [-0.25, -0.2) is 8.42 Å². The largest absolute Gasteiger partial charge is 0.229 e. The molecule has 0 aliphatic heterocycles. The molecule has 0 heterocycles. The first-order valence-electron chi connectivity index (χ1n) is 3.04. The number of hydrogen-bond donors (Lipinski definition) is 0. The summed E-state index contributed by atoms with van der Waals surface area (Å²) in [5.74, 6) is -0.413. The molecule has 11 heavy (non-hydrogen) atoms. The first-order valence-corrected chi connectivity index (χ1v) is 7.11. The molecule has 0 aromatic rings. The maximum atomic E-state index is 12.2. The topological polar surface area (TPSA) is 34.1 Å². The molecule has 0 radical (unpaired) electrons. The summed E-state index contributed by atoms with van der Waals surface area (Å²) in [6, 6.07) is 0. The van der Waals surface area contributed by atoms with E-state index in [-0.39, 0.29) is 17.9 Å². The molecule has 0 atom stereocenters. The Kier molecular flexibility index (Phi) is 3.76. The average molecular weight is 206 g/mol. The van der Waals surface area contributed by atoms with Crippen molar-refractivity contribution in [2.45, 2.75) is 6.42 Å². The lowest BCUT2D eigenvalue weighted by molar-refractivity contribution is 0.600. The number of rotatable bonds is 4. The van der Waals surface area contributed by atoms with E-state index in [0.717, 1.165) is 12.5 Å². The third kappa shape index (κ3) is 10.2. The van der Waals surface area contributed by atoms with Crippen molar-refractivity contribution in [2.24, 2.45) is 0 Å². The van der Waals surface area contributed by atoms with Gasteiger partial charge in [0, 0.05) is 18.3 Å². The Balaban J connectivity index is 3.61. The third-order valence-corrected chi connectivity index (χ3v) is 3.05. The van der Waals surface area contributed by atoms with E-state index in [2.05, 4.69) is 0 Å². The first-order chi connectivity index (χ1) is 4.71. The summed E-state index contributed by atoms with van der Waals surface area (Å²) >= 11 is 0. The molecule has 2 nitrogen and oxygen atoms in total. The van der Waals surface area contributed by atoms with Gasteiger partial charge >= 0.3 is 0 Å². The molecule has 6 heteroatoms. The molecule has 0 fully saturated rings. The maximum absolute atomic E-state index is 12.2. The quantitative estimate of drug-likeness (QED) is 0.700. The Morgan fingerprint density at radius 3 is 1.82 bits per heavy atom. The van der Waals surface area contributed by atoms with Crippen molar-refractivity contribution in [3.05, 3.63) is 0 Å². The van der Waals surface area contributed by atoms with Gasteiger partial charge in [0.2, 0.25) is 0 Å². The van der Waals surface area contributed by atoms with Gasteiger partial charge in [0.1, 0.15) is 9.84 Å². The Bertz CT molecular complexity index is 205. The number of hydrogen-bond acceptors (Lipinski definition) is 2. The average Bonchev–Trinajstić information content (AvgIpc) is 1.55. The molecule has 0 rings (SSSR count). The number of halogens is 2. The molecule has 0 N–H and O–H groups in total. The van der Waals surface area contributed by atoms with Crippen molar-refractivity contribution < 1.29 is 16.2 Å². The number of sulfone groups is 1. The second kappa shape index (κ2) is 3.71. The lowest BCUT2D eigenvalue weighted by atomic mass is 10.6. The Morgan fingerprint density at radius 1 is 1.09 bits per heavy atom. The maximum Gasteiger partial charge on any atom is 0.147 e. The lowest BCUT2D eigenvalue weighted by Crippen LogP contribution is -2.05. The molecule has 0 saturated heterocycles. The van der Waals surface area contributed by atoms with Crippen molar-refractivity contribution >= 4 is 20.6 Å². The van der Waals surface area contributed by atoms with Crippen molar-refractivity contribution in [3.63, 3.8) is 0 Å². The summed E-state index contributed by atoms with van der Waals surface area (Å²) < 4.78 is 45.3. The van der Waals surface area contributed by atoms with Crippen molar-refractivity contribution in [1.29, 1.82) is 0 Å². The monoisotopic (exact) mass is 206 g/mol. The molecule has 0 amide bonds. The fourth-order valence-corrected chi connectivity index (χ4v) is 2.08. The summed E-state index contributed by atoms with van der Waals surface area (Å²) in [5.41, 5.74) is 0. The highest BCUT2D eigenvalue weighted by atomic mass is 32.3. The van der Waals surface area contributed by atoms with Crippen LogP contribution in [0.2, 0.25) is 0 Å². The Hall–Kier alpha value is 0.160.